The van der Waals surface area contributed by atoms with E-state index in [1.165, 1.54) is 18.2 Å². The summed E-state index contributed by atoms with van der Waals surface area (Å²) >= 11 is 1.68. The fourth-order valence-corrected chi connectivity index (χ4v) is 2.75. The van der Waals surface area contributed by atoms with E-state index in [-0.39, 0.29) is 18.2 Å². The fourth-order valence-electron chi connectivity index (χ4n) is 2.08. The summed E-state index contributed by atoms with van der Waals surface area (Å²) in [4.78, 5) is 22.6. The molecule has 1 N–H and O–H groups in total. The summed E-state index contributed by atoms with van der Waals surface area (Å²) in [6.45, 7) is 2.53. The lowest BCUT2D eigenvalue weighted by Gasteiger charge is -2.13. The first-order valence-corrected chi connectivity index (χ1v) is 8.00. The molecule has 0 aliphatic rings. The molecule has 1 aromatic carbocycles. The van der Waals surface area contributed by atoms with Crippen molar-refractivity contribution in [2.24, 2.45) is 0 Å². The van der Waals surface area contributed by atoms with E-state index in [1.54, 1.807) is 11.3 Å². The summed E-state index contributed by atoms with van der Waals surface area (Å²) in [6, 6.07) is 10.4. The number of ether oxygens (including phenoxy) is 1. The van der Waals surface area contributed by atoms with Crippen LogP contribution in [0, 0.1) is 0 Å². The summed E-state index contributed by atoms with van der Waals surface area (Å²) < 4.78 is 4.46. The number of hydrogen-bond donors (Lipinski definition) is 1. The van der Waals surface area contributed by atoms with Gasteiger partial charge in [-0.15, -0.1) is 0 Å². The Hall–Kier alpha value is -2.14. The number of benzene rings is 1. The predicted molar refractivity (Wildman–Crippen MR) is 87.8 cm³/mol. The normalized spacial score (nSPS) is 11.7. The molecule has 1 unspecified atom stereocenters. The average Bonchev–Trinajstić information content (AvgIpc) is 3.07. The monoisotopic (exact) mass is 317 g/mol. The van der Waals surface area contributed by atoms with Gasteiger partial charge < -0.3 is 10.1 Å². The average molecular weight is 317 g/mol. The molecule has 1 heterocycles. The molecule has 0 saturated heterocycles. The number of hydrogen-bond acceptors (Lipinski definition) is 4. The van der Waals surface area contributed by atoms with Crippen LogP contribution in [0.5, 0.6) is 0 Å². The van der Waals surface area contributed by atoms with E-state index in [0.29, 0.717) is 6.54 Å². The molecule has 22 heavy (non-hydrogen) atoms. The van der Waals surface area contributed by atoms with Crippen molar-refractivity contribution in [3.8, 4) is 11.1 Å². The second-order valence-electron chi connectivity index (χ2n) is 5.09. The van der Waals surface area contributed by atoms with Crippen LogP contribution >= 0.6 is 11.3 Å². The van der Waals surface area contributed by atoms with E-state index in [9.17, 15) is 9.59 Å². The highest BCUT2D eigenvalue weighted by molar-refractivity contribution is 7.08. The smallest absolute Gasteiger partial charge is 0.315 e. The van der Waals surface area contributed by atoms with Crippen LogP contribution in [0.3, 0.4) is 0 Å². The molecule has 5 heteroatoms. The van der Waals surface area contributed by atoms with Crippen molar-refractivity contribution >= 4 is 23.2 Å². The first-order chi connectivity index (χ1) is 10.6. The molecule has 0 aliphatic heterocycles. The maximum absolute atomic E-state index is 11.5. The molecule has 2 rings (SSSR count). The van der Waals surface area contributed by atoms with E-state index in [4.69, 9.17) is 0 Å². The molecule has 1 atom stereocenters. The van der Waals surface area contributed by atoms with Gasteiger partial charge in [-0.3, -0.25) is 9.59 Å². The highest BCUT2D eigenvalue weighted by Gasteiger charge is 2.11. The van der Waals surface area contributed by atoms with Gasteiger partial charge in [-0.1, -0.05) is 31.2 Å². The van der Waals surface area contributed by atoms with E-state index in [1.807, 2.05) is 6.92 Å². The predicted octanol–water partition coefficient (Wildman–Crippen LogP) is 3.20. The van der Waals surface area contributed by atoms with Gasteiger partial charge in [0.05, 0.1) is 7.11 Å². The summed E-state index contributed by atoms with van der Waals surface area (Å²) in [7, 11) is 1.27. The van der Waals surface area contributed by atoms with Gasteiger partial charge in [0.15, 0.2) is 0 Å². The van der Waals surface area contributed by atoms with Crippen LogP contribution in [0.15, 0.2) is 41.1 Å². The summed E-state index contributed by atoms with van der Waals surface area (Å²) in [6.07, 6.45) is -0.236. The maximum Gasteiger partial charge on any atom is 0.315 e. The van der Waals surface area contributed by atoms with Crippen molar-refractivity contribution in [2.75, 3.05) is 13.7 Å². The van der Waals surface area contributed by atoms with Gasteiger partial charge in [-0.2, -0.15) is 11.3 Å². The van der Waals surface area contributed by atoms with Gasteiger partial charge in [0.2, 0.25) is 5.91 Å². The van der Waals surface area contributed by atoms with Crippen LogP contribution in [0.25, 0.3) is 11.1 Å². The topological polar surface area (TPSA) is 55.4 Å². The lowest BCUT2D eigenvalue weighted by molar-refractivity contribution is -0.143. The Kier molecular flexibility index (Phi) is 5.72. The lowest BCUT2D eigenvalue weighted by atomic mass is 9.98. The second kappa shape index (κ2) is 7.75. The molecule has 4 nitrogen and oxygen atoms in total. The van der Waals surface area contributed by atoms with Gasteiger partial charge in [0, 0.05) is 6.54 Å². The molecule has 0 bridgehead atoms. The zero-order valence-electron chi connectivity index (χ0n) is 12.7. The largest absolute Gasteiger partial charge is 0.469 e. The number of methoxy groups -OCH3 is 1. The Morgan fingerprint density at radius 2 is 1.91 bits per heavy atom. The highest BCUT2D eigenvalue weighted by atomic mass is 32.1. The van der Waals surface area contributed by atoms with Crippen LogP contribution in [0.1, 0.15) is 24.8 Å². The summed E-state index contributed by atoms with van der Waals surface area (Å²) in [5, 5.41) is 6.92. The Labute approximate surface area is 134 Å². The Balaban J connectivity index is 1.89. The number of thiophene rings is 1. The molecule has 2 aromatic rings. The Morgan fingerprint density at radius 3 is 2.50 bits per heavy atom. The summed E-state index contributed by atoms with van der Waals surface area (Å²) in [5.41, 5.74) is 3.56. The van der Waals surface area contributed by atoms with Gasteiger partial charge in [0.1, 0.15) is 6.42 Å². The van der Waals surface area contributed by atoms with Gasteiger partial charge in [-0.25, -0.2) is 0 Å². The first-order valence-electron chi connectivity index (χ1n) is 7.06. The minimum Gasteiger partial charge on any atom is -0.469 e. The zero-order chi connectivity index (χ0) is 15.9. The molecule has 116 valence electrons. The van der Waals surface area contributed by atoms with Crippen molar-refractivity contribution in [2.45, 2.75) is 19.3 Å². The van der Waals surface area contributed by atoms with E-state index < -0.39 is 5.97 Å². The highest BCUT2D eigenvalue weighted by Crippen LogP contribution is 2.24. The van der Waals surface area contributed by atoms with Crippen LogP contribution in [0.4, 0.5) is 0 Å². The quantitative estimate of drug-likeness (QED) is 0.657. The third-order valence-electron chi connectivity index (χ3n) is 3.47. The fraction of sp³-hybridized carbons (Fsp3) is 0.294. The van der Waals surface area contributed by atoms with Crippen LogP contribution in [0.2, 0.25) is 0 Å². The molecule has 1 aromatic heterocycles. The summed E-state index contributed by atoms with van der Waals surface area (Å²) in [5.74, 6) is -0.656. The number of carbonyl (C=O) groups excluding carboxylic acids is 2. The van der Waals surface area contributed by atoms with Crippen molar-refractivity contribution in [3.63, 3.8) is 0 Å². The second-order valence-corrected chi connectivity index (χ2v) is 5.87. The number of amides is 1. The van der Waals surface area contributed by atoms with Crippen molar-refractivity contribution in [1.29, 1.82) is 0 Å². The molecule has 0 radical (unpaired) electrons. The third kappa shape index (κ3) is 4.43. The van der Waals surface area contributed by atoms with Crippen molar-refractivity contribution in [3.05, 3.63) is 46.7 Å². The molecular weight excluding hydrogens is 298 g/mol. The van der Waals surface area contributed by atoms with Crippen LogP contribution in [-0.4, -0.2) is 25.5 Å². The first kappa shape index (κ1) is 16.2. The Bertz CT molecular complexity index is 620. The minimum atomic E-state index is -0.523. The van der Waals surface area contributed by atoms with Gasteiger partial charge in [-0.05, 0) is 39.4 Å². The zero-order valence-corrected chi connectivity index (χ0v) is 13.5. The van der Waals surface area contributed by atoms with Gasteiger partial charge >= 0.3 is 5.97 Å². The van der Waals surface area contributed by atoms with E-state index in [2.05, 4.69) is 51.1 Å². The molecular formula is C17H19NO3S. The molecule has 0 fully saturated rings. The van der Waals surface area contributed by atoms with E-state index >= 15 is 0 Å². The van der Waals surface area contributed by atoms with Crippen LogP contribution in [-0.2, 0) is 14.3 Å². The number of nitrogens with one attached hydrogen (secondary N) is 1. The molecule has 0 aliphatic carbocycles. The molecule has 0 saturated carbocycles. The van der Waals surface area contributed by atoms with Crippen molar-refractivity contribution < 1.29 is 14.3 Å². The Morgan fingerprint density at radius 1 is 1.18 bits per heavy atom. The lowest BCUT2D eigenvalue weighted by Crippen LogP contribution is -2.29. The van der Waals surface area contributed by atoms with E-state index in [0.717, 1.165) is 5.56 Å². The minimum absolute atomic E-state index is 0.179. The SMILES string of the molecule is COC(=O)CC(=O)NCC(C)c1ccc(-c2ccsc2)cc1. The standard InChI is InChI=1S/C17H19NO3S/c1-12(10-18-16(19)9-17(20)21-2)13-3-5-14(6-4-13)15-7-8-22-11-15/h3-8,11-12H,9-10H2,1-2H3,(H,18,19). The maximum atomic E-state index is 11.5. The molecule has 0 spiro atoms. The number of carbonyl (C=O) groups is 2. The van der Waals surface area contributed by atoms with Crippen LogP contribution < -0.4 is 5.32 Å². The number of esters is 1. The third-order valence-corrected chi connectivity index (χ3v) is 4.16. The molecule has 1 amide bonds. The van der Waals surface area contributed by atoms with Gasteiger partial charge in [0.25, 0.3) is 0 Å². The number of rotatable bonds is 6. The van der Waals surface area contributed by atoms with Crippen molar-refractivity contribution in [1.82, 2.24) is 5.32 Å².